The zero-order valence-corrected chi connectivity index (χ0v) is 13.4. The average molecular weight is 300 g/mol. The molecule has 0 fully saturated rings. The van der Waals surface area contributed by atoms with Crippen molar-refractivity contribution in [2.75, 3.05) is 23.0 Å². The lowest BCUT2D eigenvalue weighted by Gasteiger charge is -2.08. The van der Waals surface area contributed by atoms with Gasteiger partial charge in [0.05, 0.1) is 0 Å². The number of aryl methyl sites for hydroxylation is 2. The van der Waals surface area contributed by atoms with Crippen LogP contribution in [0.15, 0.2) is 53.3 Å². The largest absolute Gasteiger partial charge is 0.157 e. The quantitative estimate of drug-likeness (QED) is 0.639. The van der Waals surface area contributed by atoms with Gasteiger partial charge in [-0.05, 0) is 59.1 Å². The van der Waals surface area contributed by atoms with E-state index in [1.807, 2.05) is 23.5 Å². The molecule has 0 nitrogen and oxygen atoms in total. The van der Waals surface area contributed by atoms with Crippen molar-refractivity contribution in [3.8, 4) is 0 Å². The van der Waals surface area contributed by atoms with E-state index in [0.717, 1.165) is 17.9 Å². The van der Waals surface area contributed by atoms with E-state index < -0.39 is 0 Å². The van der Waals surface area contributed by atoms with Crippen molar-refractivity contribution < 1.29 is 0 Å². The number of benzene rings is 1. The maximum absolute atomic E-state index is 3.48. The molecule has 0 saturated carbocycles. The smallest absolute Gasteiger partial charge is 0.0222 e. The summed E-state index contributed by atoms with van der Waals surface area (Å²) in [6.45, 7) is 0. The van der Waals surface area contributed by atoms with Gasteiger partial charge in [-0.15, -0.1) is 5.73 Å². The highest BCUT2D eigenvalue weighted by Crippen LogP contribution is 2.21. The third-order valence-corrected chi connectivity index (χ3v) is 5.75. The molecule has 0 N–H and O–H groups in total. The molecule has 2 heteroatoms. The molecular formula is C18H20S2. The molecule has 104 valence electrons. The number of thioether (sulfide) groups is 2. The summed E-state index contributed by atoms with van der Waals surface area (Å²) in [4.78, 5) is 0. The number of rotatable bonds is 0. The Bertz CT molecular complexity index is 563. The molecule has 3 aliphatic rings. The lowest BCUT2D eigenvalue weighted by Crippen LogP contribution is -1.95. The molecule has 1 aromatic carbocycles. The summed E-state index contributed by atoms with van der Waals surface area (Å²) in [5.74, 6) is 4.68. The molecule has 0 unspecified atom stereocenters. The number of fused-ring (bicyclic) bond motifs is 7. The molecule has 20 heavy (non-hydrogen) atoms. The number of hydrogen-bond acceptors (Lipinski definition) is 2. The van der Waals surface area contributed by atoms with E-state index in [-0.39, 0.29) is 0 Å². The van der Waals surface area contributed by atoms with Crippen molar-refractivity contribution in [2.24, 2.45) is 0 Å². The zero-order chi connectivity index (χ0) is 13.6. The van der Waals surface area contributed by atoms with Crippen molar-refractivity contribution in [1.82, 2.24) is 0 Å². The highest BCUT2D eigenvalue weighted by Gasteiger charge is 2.05. The molecule has 0 atom stereocenters. The van der Waals surface area contributed by atoms with Crippen LogP contribution in [0.1, 0.15) is 17.5 Å². The maximum Gasteiger partial charge on any atom is 0.0222 e. The Labute approximate surface area is 130 Å². The van der Waals surface area contributed by atoms with Crippen LogP contribution in [0, 0.1) is 0 Å². The molecule has 4 bridgehead atoms. The van der Waals surface area contributed by atoms with Gasteiger partial charge in [-0.25, -0.2) is 0 Å². The fraction of sp³-hybridized carbons (Fsp3) is 0.389. The van der Waals surface area contributed by atoms with Gasteiger partial charge in [0, 0.05) is 11.5 Å². The molecule has 4 rings (SSSR count). The average Bonchev–Trinajstić information content (AvgIpc) is 2.50. The van der Waals surface area contributed by atoms with Crippen LogP contribution in [0.25, 0.3) is 0 Å². The molecule has 0 aromatic heterocycles. The number of hydrogen-bond donors (Lipinski definition) is 0. The Kier molecular flexibility index (Phi) is 5.13. The molecule has 1 aliphatic carbocycles. The van der Waals surface area contributed by atoms with Gasteiger partial charge >= 0.3 is 0 Å². The summed E-state index contributed by atoms with van der Waals surface area (Å²) >= 11 is 4.08. The first-order chi connectivity index (χ1) is 9.90. The predicted octanol–water partition coefficient (Wildman–Crippen LogP) is 4.66. The van der Waals surface area contributed by atoms with Crippen molar-refractivity contribution in [3.05, 3.63) is 64.4 Å². The van der Waals surface area contributed by atoms with Crippen LogP contribution in [-0.4, -0.2) is 23.0 Å². The van der Waals surface area contributed by atoms with Crippen molar-refractivity contribution in [1.29, 1.82) is 0 Å². The summed E-state index contributed by atoms with van der Waals surface area (Å²) < 4.78 is 0. The standard InChI is InChI=1S/C18H20S2/c1-2-15-8-10-19-13-17-4-6-18(7-5-17)14-20-11-9-16(3-1)12-15/h1-5,12H,6,8-11,13-14H2. The first-order valence-electron chi connectivity index (χ1n) is 7.27. The Morgan fingerprint density at radius 1 is 0.950 bits per heavy atom. The SMILES string of the molecule is C1=CC2=CCC=1CSCCc1cccc(c1)CCSC2. The van der Waals surface area contributed by atoms with E-state index in [4.69, 9.17) is 0 Å². The van der Waals surface area contributed by atoms with Gasteiger partial charge in [0.1, 0.15) is 0 Å². The minimum Gasteiger partial charge on any atom is -0.157 e. The summed E-state index contributed by atoms with van der Waals surface area (Å²) in [7, 11) is 0. The second-order valence-electron chi connectivity index (χ2n) is 5.30. The van der Waals surface area contributed by atoms with E-state index in [1.54, 1.807) is 0 Å². The first kappa shape index (κ1) is 14.1. The van der Waals surface area contributed by atoms with Gasteiger partial charge in [-0.2, -0.15) is 23.5 Å². The van der Waals surface area contributed by atoms with Crippen molar-refractivity contribution in [2.45, 2.75) is 19.3 Å². The molecule has 1 aromatic rings. The molecule has 2 aliphatic heterocycles. The zero-order valence-electron chi connectivity index (χ0n) is 11.7. The summed E-state index contributed by atoms with van der Waals surface area (Å²) in [6.07, 6.45) is 8.06. The van der Waals surface area contributed by atoms with Gasteiger partial charge in [0.15, 0.2) is 0 Å². The fourth-order valence-electron chi connectivity index (χ4n) is 2.47. The third-order valence-electron chi connectivity index (χ3n) is 3.68. The van der Waals surface area contributed by atoms with Crippen LogP contribution >= 0.6 is 23.5 Å². The van der Waals surface area contributed by atoms with Crippen LogP contribution in [-0.2, 0) is 12.8 Å². The Balaban J connectivity index is 1.71. The van der Waals surface area contributed by atoms with Crippen LogP contribution in [0.4, 0.5) is 0 Å². The van der Waals surface area contributed by atoms with E-state index in [1.165, 1.54) is 46.6 Å². The first-order valence-corrected chi connectivity index (χ1v) is 9.58. The van der Waals surface area contributed by atoms with Crippen molar-refractivity contribution in [3.63, 3.8) is 0 Å². The molecule has 0 radical (unpaired) electrons. The molecule has 0 spiro atoms. The monoisotopic (exact) mass is 300 g/mol. The van der Waals surface area contributed by atoms with Gasteiger partial charge < -0.3 is 0 Å². The minimum atomic E-state index is 1.10. The highest BCUT2D eigenvalue weighted by molar-refractivity contribution is 7.99. The van der Waals surface area contributed by atoms with E-state index in [0.29, 0.717) is 0 Å². The lowest BCUT2D eigenvalue weighted by atomic mass is 10.1. The van der Waals surface area contributed by atoms with Crippen LogP contribution in [0.5, 0.6) is 0 Å². The lowest BCUT2D eigenvalue weighted by molar-refractivity contribution is 1.10. The predicted molar refractivity (Wildman–Crippen MR) is 92.8 cm³/mol. The van der Waals surface area contributed by atoms with E-state index in [9.17, 15) is 0 Å². The second-order valence-corrected chi connectivity index (χ2v) is 7.51. The summed E-state index contributed by atoms with van der Waals surface area (Å²) in [5.41, 5.74) is 9.37. The van der Waals surface area contributed by atoms with E-state index in [2.05, 4.69) is 42.1 Å². The van der Waals surface area contributed by atoms with Crippen LogP contribution < -0.4 is 0 Å². The maximum atomic E-state index is 3.48. The van der Waals surface area contributed by atoms with Gasteiger partial charge in [0.2, 0.25) is 0 Å². The Hall–Kier alpha value is -0.820. The summed E-state index contributed by atoms with van der Waals surface area (Å²) in [5, 5.41) is 0. The second kappa shape index (κ2) is 7.26. The number of allylic oxidation sites excluding steroid dienone is 1. The van der Waals surface area contributed by atoms with Crippen LogP contribution in [0.2, 0.25) is 0 Å². The third kappa shape index (κ3) is 4.09. The Morgan fingerprint density at radius 2 is 1.70 bits per heavy atom. The van der Waals surface area contributed by atoms with Gasteiger partial charge in [0.25, 0.3) is 0 Å². The summed E-state index contributed by atoms with van der Waals surface area (Å²) in [6, 6.07) is 9.15. The van der Waals surface area contributed by atoms with Gasteiger partial charge in [-0.1, -0.05) is 30.3 Å². The Morgan fingerprint density at radius 3 is 2.40 bits per heavy atom. The molecule has 0 amide bonds. The topological polar surface area (TPSA) is 0 Å². The van der Waals surface area contributed by atoms with Gasteiger partial charge in [-0.3, -0.25) is 0 Å². The van der Waals surface area contributed by atoms with Crippen LogP contribution in [0.3, 0.4) is 0 Å². The molecule has 0 saturated heterocycles. The minimum absolute atomic E-state index is 1.10. The highest BCUT2D eigenvalue weighted by atomic mass is 32.2. The molecular weight excluding hydrogens is 280 g/mol. The van der Waals surface area contributed by atoms with Crippen molar-refractivity contribution >= 4 is 23.5 Å². The van der Waals surface area contributed by atoms with E-state index >= 15 is 0 Å². The fourth-order valence-corrected chi connectivity index (χ4v) is 4.41. The molecule has 2 heterocycles. The normalized spacial score (nSPS) is 19.8.